The van der Waals surface area contributed by atoms with Gasteiger partial charge in [-0.2, -0.15) is 0 Å². The summed E-state index contributed by atoms with van der Waals surface area (Å²) in [5.74, 6) is -0.846. The van der Waals surface area contributed by atoms with Gasteiger partial charge in [0.1, 0.15) is 12.2 Å². The van der Waals surface area contributed by atoms with Crippen LogP contribution in [0.25, 0.3) is 0 Å². The molecule has 0 saturated carbocycles. The second kappa shape index (κ2) is 16.2. The van der Waals surface area contributed by atoms with Crippen molar-refractivity contribution in [2.45, 2.75) is 119 Å². The molecule has 174 valence electrons. The molecule has 0 aromatic rings. The summed E-state index contributed by atoms with van der Waals surface area (Å²) in [6.45, 7) is 16.7. The van der Waals surface area contributed by atoms with Crippen LogP contribution < -0.4 is 0 Å². The molecule has 4 heteroatoms. The lowest BCUT2D eigenvalue weighted by Gasteiger charge is -2.22. The summed E-state index contributed by atoms with van der Waals surface area (Å²) in [5.41, 5.74) is 2.64. The molecule has 0 fully saturated rings. The normalized spacial score (nSPS) is 14.8. The molecule has 0 aromatic heterocycles. The van der Waals surface area contributed by atoms with Crippen LogP contribution in [0.15, 0.2) is 23.3 Å². The molecular formula is C26H46O4. The molecule has 0 bridgehead atoms. The van der Waals surface area contributed by atoms with Crippen LogP contribution in [-0.4, -0.2) is 24.1 Å². The topological polar surface area (TPSA) is 52.6 Å². The highest BCUT2D eigenvalue weighted by Crippen LogP contribution is 2.20. The van der Waals surface area contributed by atoms with Gasteiger partial charge in [0.15, 0.2) is 0 Å². The zero-order valence-electron chi connectivity index (χ0n) is 20.8. The zero-order chi connectivity index (χ0) is 23.1. The maximum atomic E-state index is 12.3. The Kier molecular flexibility index (Phi) is 15.3. The Balaban J connectivity index is 4.50. The summed E-state index contributed by atoms with van der Waals surface area (Å²) in [6.07, 6.45) is 11.1. The van der Waals surface area contributed by atoms with Gasteiger partial charge in [-0.05, 0) is 90.9 Å². The van der Waals surface area contributed by atoms with Crippen LogP contribution in [0.5, 0.6) is 0 Å². The summed E-state index contributed by atoms with van der Waals surface area (Å²) in [5, 5.41) is 0. The number of ether oxygens (including phenoxy) is 2. The number of hydrogen-bond donors (Lipinski definition) is 0. The van der Waals surface area contributed by atoms with Crippen molar-refractivity contribution in [1.82, 2.24) is 0 Å². The van der Waals surface area contributed by atoms with Gasteiger partial charge in [0, 0.05) is 0 Å². The fourth-order valence-electron chi connectivity index (χ4n) is 3.44. The summed E-state index contributed by atoms with van der Waals surface area (Å²) < 4.78 is 10.9. The number of allylic oxidation sites excluding steroid dienone is 4. The van der Waals surface area contributed by atoms with Crippen LogP contribution in [0.2, 0.25) is 0 Å². The van der Waals surface area contributed by atoms with Gasteiger partial charge in [-0.25, -0.2) is 9.59 Å². The average molecular weight is 423 g/mol. The van der Waals surface area contributed by atoms with Crippen molar-refractivity contribution >= 4 is 11.9 Å². The van der Waals surface area contributed by atoms with Crippen LogP contribution in [0.4, 0.5) is 0 Å². The lowest BCUT2D eigenvalue weighted by atomic mass is 9.96. The SMILES string of the molecule is CCC(CC(C)CCC=C(C)C)OC(=O)C(=O)OC(CC)CC(C)CCC=C(C)C. The molecule has 0 spiro atoms. The Morgan fingerprint density at radius 2 is 1.03 bits per heavy atom. The van der Waals surface area contributed by atoms with Crippen LogP contribution in [0.3, 0.4) is 0 Å². The molecule has 0 aromatic carbocycles. The lowest BCUT2D eigenvalue weighted by molar-refractivity contribution is -0.175. The number of esters is 2. The van der Waals surface area contributed by atoms with Crippen LogP contribution in [-0.2, 0) is 19.1 Å². The van der Waals surface area contributed by atoms with Crippen molar-refractivity contribution in [3.8, 4) is 0 Å². The fraction of sp³-hybridized carbons (Fsp3) is 0.769. The minimum Gasteiger partial charge on any atom is -0.454 e. The van der Waals surface area contributed by atoms with E-state index in [9.17, 15) is 9.59 Å². The first-order valence-corrected chi connectivity index (χ1v) is 11.8. The molecule has 4 atom stereocenters. The standard InChI is InChI=1S/C26H46O4/c1-9-23(17-21(7)15-11-13-19(3)4)29-25(27)26(28)30-24(10-2)18-22(8)16-12-14-20(5)6/h13-14,21-24H,9-12,15-18H2,1-8H3. The van der Waals surface area contributed by atoms with Crippen LogP contribution in [0, 0.1) is 11.8 Å². The number of rotatable bonds is 14. The maximum Gasteiger partial charge on any atom is 0.417 e. The third-order valence-electron chi connectivity index (χ3n) is 5.38. The first-order chi connectivity index (χ1) is 14.1. The van der Waals surface area contributed by atoms with Gasteiger partial charge in [-0.1, -0.05) is 51.0 Å². The first kappa shape index (κ1) is 28.4. The highest BCUT2D eigenvalue weighted by Gasteiger charge is 2.26. The van der Waals surface area contributed by atoms with Crippen molar-refractivity contribution in [1.29, 1.82) is 0 Å². The molecule has 0 aliphatic carbocycles. The predicted molar refractivity (Wildman–Crippen MR) is 125 cm³/mol. The highest BCUT2D eigenvalue weighted by atomic mass is 16.6. The second-order valence-corrected chi connectivity index (χ2v) is 9.27. The fourth-order valence-corrected chi connectivity index (χ4v) is 3.44. The Morgan fingerprint density at radius 1 is 0.700 bits per heavy atom. The molecule has 0 amide bonds. The molecule has 4 nitrogen and oxygen atoms in total. The molecule has 0 aliphatic rings. The van der Waals surface area contributed by atoms with Gasteiger partial charge < -0.3 is 9.47 Å². The predicted octanol–water partition coefficient (Wildman–Crippen LogP) is 7.18. The van der Waals surface area contributed by atoms with E-state index in [0.717, 1.165) is 38.5 Å². The van der Waals surface area contributed by atoms with Crippen molar-refractivity contribution in [2.75, 3.05) is 0 Å². The number of carbonyl (C=O) groups is 2. The van der Waals surface area contributed by atoms with E-state index in [-0.39, 0.29) is 12.2 Å². The quantitative estimate of drug-likeness (QED) is 0.169. The molecule has 4 unspecified atom stereocenters. The molecular weight excluding hydrogens is 376 g/mol. The van der Waals surface area contributed by atoms with E-state index in [0.29, 0.717) is 24.7 Å². The third kappa shape index (κ3) is 14.4. The summed E-state index contributed by atoms with van der Waals surface area (Å²) in [7, 11) is 0. The van der Waals surface area contributed by atoms with Gasteiger partial charge in [-0.3, -0.25) is 0 Å². The molecule has 30 heavy (non-hydrogen) atoms. The zero-order valence-corrected chi connectivity index (χ0v) is 20.8. The highest BCUT2D eigenvalue weighted by molar-refractivity contribution is 6.29. The Morgan fingerprint density at radius 3 is 1.30 bits per heavy atom. The lowest BCUT2D eigenvalue weighted by Crippen LogP contribution is -2.30. The van der Waals surface area contributed by atoms with Crippen molar-refractivity contribution in [2.24, 2.45) is 11.8 Å². The maximum absolute atomic E-state index is 12.3. The molecule has 0 N–H and O–H groups in total. The smallest absolute Gasteiger partial charge is 0.417 e. The molecule has 0 rings (SSSR count). The third-order valence-corrected chi connectivity index (χ3v) is 5.38. The van der Waals surface area contributed by atoms with Crippen molar-refractivity contribution in [3.63, 3.8) is 0 Å². The molecule has 0 saturated heterocycles. The van der Waals surface area contributed by atoms with Crippen LogP contribution >= 0.6 is 0 Å². The molecule has 0 aliphatic heterocycles. The average Bonchev–Trinajstić information content (AvgIpc) is 2.65. The van der Waals surface area contributed by atoms with Gasteiger partial charge in [-0.15, -0.1) is 0 Å². The van der Waals surface area contributed by atoms with E-state index in [1.807, 2.05) is 13.8 Å². The minimum absolute atomic E-state index is 0.241. The Bertz CT molecular complexity index is 503. The molecule has 0 radical (unpaired) electrons. The van der Waals surface area contributed by atoms with E-state index < -0.39 is 11.9 Å². The van der Waals surface area contributed by atoms with E-state index >= 15 is 0 Å². The number of hydrogen-bond acceptors (Lipinski definition) is 4. The van der Waals surface area contributed by atoms with Gasteiger partial charge >= 0.3 is 11.9 Å². The van der Waals surface area contributed by atoms with E-state index in [4.69, 9.17) is 9.47 Å². The first-order valence-electron chi connectivity index (χ1n) is 11.8. The summed E-state index contributed by atoms with van der Waals surface area (Å²) in [4.78, 5) is 24.5. The van der Waals surface area contributed by atoms with Gasteiger partial charge in [0.2, 0.25) is 0 Å². The molecule has 0 heterocycles. The van der Waals surface area contributed by atoms with Crippen molar-refractivity contribution < 1.29 is 19.1 Å². The number of carbonyl (C=O) groups excluding carboxylic acids is 2. The minimum atomic E-state index is -0.853. The second-order valence-electron chi connectivity index (χ2n) is 9.27. The largest absolute Gasteiger partial charge is 0.454 e. The van der Waals surface area contributed by atoms with Crippen molar-refractivity contribution in [3.05, 3.63) is 23.3 Å². The van der Waals surface area contributed by atoms with Crippen LogP contribution in [0.1, 0.15) is 107 Å². The van der Waals surface area contributed by atoms with E-state index in [1.165, 1.54) is 11.1 Å². The summed E-state index contributed by atoms with van der Waals surface area (Å²) in [6, 6.07) is 0. The summed E-state index contributed by atoms with van der Waals surface area (Å²) >= 11 is 0. The van der Waals surface area contributed by atoms with E-state index in [1.54, 1.807) is 0 Å². The Hall–Kier alpha value is -1.58. The Labute approximate surface area is 185 Å². The van der Waals surface area contributed by atoms with E-state index in [2.05, 4.69) is 53.7 Å². The van der Waals surface area contributed by atoms with Gasteiger partial charge in [0.05, 0.1) is 0 Å². The van der Waals surface area contributed by atoms with Gasteiger partial charge in [0.25, 0.3) is 0 Å². The monoisotopic (exact) mass is 422 g/mol.